The number of carbonyl (C=O) groups excluding carboxylic acids is 1. The fraction of sp³-hybridized carbons (Fsp3) is 0.458. The van der Waals surface area contributed by atoms with Gasteiger partial charge in [0.25, 0.3) is 0 Å². The molecule has 2 aliphatic rings. The molecule has 1 N–H and O–H groups in total. The minimum atomic E-state index is -3.46. The Morgan fingerprint density at radius 3 is 2.38 bits per heavy atom. The number of nitrogens with zero attached hydrogens (tertiary/aromatic N) is 1. The molecule has 0 saturated carbocycles. The molecule has 2 aromatic carbocycles. The van der Waals surface area contributed by atoms with Gasteiger partial charge in [0.05, 0.1) is 10.3 Å². The maximum atomic E-state index is 13.3. The summed E-state index contributed by atoms with van der Waals surface area (Å²) < 4.78 is 32.7. The van der Waals surface area contributed by atoms with Crippen LogP contribution in [0, 0.1) is 0 Å². The van der Waals surface area contributed by atoms with E-state index in [9.17, 15) is 13.2 Å². The van der Waals surface area contributed by atoms with Gasteiger partial charge < -0.3 is 10.1 Å². The lowest BCUT2D eigenvalue weighted by Gasteiger charge is -2.36. The maximum Gasteiger partial charge on any atom is 0.243 e. The van der Waals surface area contributed by atoms with Crippen molar-refractivity contribution < 1.29 is 17.9 Å². The van der Waals surface area contributed by atoms with Crippen molar-refractivity contribution >= 4 is 27.5 Å². The molecule has 4 rings (SSSR count). The van der Waals surface area contributed by atoms with E-state index < -0.39 is 15.4 Å². The Hall–Kier alpha value is -1.93. The molecule has 2 fully saturated rings. The van der Waals surface area contributed by atoms with Gasteiger partial charge in [-0.1, -0.05) is 42.3 Å². The lowest BCUT2D eigenvalue weighted by molar-refractivity contribution is -0.130. The second-order valence-corrected chi connectivity index (χ2v) is 10.9. The van der Waals surface area contributed by atoms with Crippen molar-refractivity contribution in [2.24, 2.45) is 0 Å². The molecule has 2 heterocycles. The van der Waals surface area contributed by atoms with Gasteiger partial charge in [0.2, 0.25) is 15.9 Å². The van der Waals surface area contributed by atoms with E-state index in [1.165, 1.54) is 0 Å². The van der Waals surface area contributed by atoms with Crippen LogP contribution in [0.25, 0.3) is 0 Å². The number of halogens is 1. The van der Waals surface area contributed by atoms with Crippen LogP contribution in [0.4, 0.5) is 0 Å². The monoisotopic (exact) mass is 476 g/mol. The molecule has 0 aliphatic carbocycles. The highest BCUT2D eigenvalue weighted by atomic mass is 35.5. The third kappa shape index (κ3) is 4.86. The number of rotatable bonds is 6. The van der Waals surface area contributed by atoms with E-state index in [1.807, 2.05) is 18.2 Å². The Kier molecular flexibility index (Phi) is 7.20. The Bertz CT molecular complexity index is 1040. The molecule has 0 bridgehead atoms. The zero-order chi connectivity index (χ0) is 22.6. The van der Waals surface area contributed by atoms with Crippen LogP contribution in [-0.2, 0) is 31.5 Å². The highest BCUT2D eigenvalue weighted by Crippen LogP contribution is 2.36. The second kappa shape index (κ2) is 9.91. The fourth-order valence-corrected chi connectivity index (χ4v) is 6.25. The molecule has 6 nitrogen and oxygen atoms in total. The number of amides is 1. The average molecular weight is 477 g/mol. The number of ether oxygens (including phenoxy) is 1. The summed E-state index contributed by atoms with van der Waals surface area (Å²) in [5, 5.41) is 3.65. The number of benzene rings is 2. The zero-order valence-electron chi connectivity index (χ0n) is 18.1. The van der Waals surface area contributed by atoms with Crippen molar-refractivity contribution in [2.45, 2.75) is 49.0 Å². The van der Waals surface area contributed by atoms with E-state index in [0.717, 1.165) is 30.4 Å². The smallest absolute Gasteiger partial charge is 0.243 e. The van der Waals surface area contributed by atoms with Gasteiger partial charge in [-0.3, -0.25) is 4.79 Å². The van der Waals surface area contributed by atoms with Crippen LogP contribution in [0.15, 0.2) is 53.4 Å². The number of nitrogens with one attached hydrogen (secondary N) is 1. The molecule has 32 heavy (non-hydrogen) atoms. The molecular weight excluding hydrogens is 448 g/mol. The van der Waals surface area contributed by atoms with E-state index in [2.05, 4.69) is 5.32 Å². The summed E-state index contributed by atoms with van der Waals surface area (Å²) in [6, 6.07) is 14.3. The number of hydrogen-bond acceptors (Lipinski definition) is 4. The number of piperidine rings is 1. The average Bonchev–Trinajstić information content (AvgIpc) is 2.84. The van der Waals surface area contributed by atoms with Crippen molar-refractivity contribution in [3.63, 3.8) is 0 Å². The Morgan fingerprint density at radius 2 is 1.72 bits per heavy atom. The molecule has 0 atom stereocenters. The lowest BCUT2D eigenvalue weighted by Crippen LogP contribution is -2.47. The van der Waals surface area contributed by atoms with E-state index in [-0.39, 0.29) is 5.91 Å². The van der Waals surface area contributed by atoms with E-state index in [0.29, 0.717) is 55.6 Å². The van der Waals surface area contributed by atoms with E-state index in [4.69, 9.17) is 16.3 Å². The first-order valence-electron chi connectivity index (χ1n) is 11.1. The van der Waals surface area contributed by atoms with Crippen molar-refractivity contribution in [2.75, 3.05) is 26.3 Å². The van der Waals surface area contributed by atoms with E-state index >= 15 is 0 Å². The summed E-state index contributed by atoms with van der Waals surface area (Å²) >= 11 is 6.20. The Labute approximate surface area is 195 Å². The van der Waals surface area contributed by atoms with Gasteiger partial charge in [0.1, 0.15) is 0 Å². The van der Waals surface area contributed by atoms with Crippen molar-refractivity contribution in [3.05, 3.63) is 64.7 Å². The minimum Gasteiger partial charge on any atom is -0.381 e. The van der Waals surface area contributed by atoms with Gasteiger partial charge in [0, 0.05) is 37.9 Å². The summed E-state index contributed by atoms with van der Waals surface area (Å²) in [6.45, 7) is 2.52. The highest BCUT2D eigenvalue weighted by molar-refractivity contribution is 7.89. The highest BCUT2D eigenvalue weighted by Gasteiger charge is 2.41. The molecule has 0 radical (unpaired) electrons. The molecule has 2 aliphatic heterocycles. The van der Waals surface area contributed by atoms with Gasteiger partial charge in [-0.15, -0.1) is 0 Å². The van der Waals surface area contributed by atoms with Crippen LogP contribution in [0.5, 0.6) is 0 Å². The largest absolute Gasteiger partial charge is 0.381 e. The van der Waals surface area contributed by atoms with Crippen LogP contribution >= 0.6 is 11.6 Å². The molecule has 8 heteroatoms. The normalized spacial score (nSPS) is 19.4. The molecule has 0 aromatic heterocycles. The standard InChI is InChI=1S/C24H29ClN2O4S/c25-21-6-4-5-20(17-21)24(11-15-31-16-12-24)23(28)26-18-19-7-9-22(10-8-19)32(29,30)27-13-2-1-3-14-27/h4-10,17H,1-3,11-16,18H2,(H,26,28). The molecule has 1 amide bonds. The molecule has 0 spiro atoms. The number of carbonyl (C=O) groups is 1. The number of sulfonamides is 1. The fourth-order valence-electron chi connectivity index (χ4n) is 4.54. The van der Waals surface area contributed by atoms with Crippen molar-refractivity contribution in [3.8, 4) is 0 Å². The molecule has 172 valence electrons. The van der Waals surface area contributed by atoms with Gasteiger partial charge in [0.15, 0.2) is 0 Å². The van der Waals surface area contributed by atoms with Crippen LogP contribution in [0.1, 0.15) is 43.2 Å². The lowest BCUT2D eigenvalue weighted by atomic mass is 9.73. The van der Waals surface area contributed by atoms with Crippen LogP contribution in [0.2, 0.25) is 5.02 Å². The van der Waals surface area contributed by atoms with Crippen molar-refractivity contribution in [1.29, 1.82) is 0 Å². The summed E-state index contributed by atoms with van der Waals surface area (Å²) in [5.41, 5.74) is 1.07. The summed E-state index contributed by atoms with van der Waals surface area (Å²) in [5.74, 6) is -0.0620. The second-order valence-electron chi connectivity index (χ2n) is 8.50. The van der Waals surface area contributed by atoms with Crippen LogP contribution in [-0.4, -0.2) is 44.9 Å². The SMILES string of the molecule is O=C(NCc1ccc(S(=O)(=O)N2CCCCC2)cc1)C1(c2cccc(Cl)c2)CCOCC1. The molecular formula is C24H29ClN2O4S. The number of hydrogen-bond donors (Lipinski definition) is 1. The Morgan fingerprint density at radius 1 is 1.03 bits per heavy atom. The van der Waals surface area contributed by atoms with Gasteiger partial charge in [-0.2, -0.15) is 4.31 Å². The molecule has 2 aromatic rings. The molecule has 2 saturated heterocycles. The third-order valence-corrected chi connectivity index (χ3v) is 8.64. The molecule has 0 unspecified atom stereocenters. The summed E-state index contributed by atoms with van der Waals surface area (Å²) in [7, 11) is -3.46. The first-order chi connectivity index (χ1) is 15.4. The van der Waals surface area contributed by atoms with Gasteiger partial charge in [-0.25, -0.2) is 8.42 Å². The van der Waals surface area contributed by atoms with Crippen LogP contribution in [0.3, 0.4) is 0 Å². The Balaban J connectivity index is 1.46. The first kappa shape index (κ1) is 23.2. The topological polar surface area (TPSA) is 75.7 Å². The maximum absolute atomic E-state index is 13.3. The quantitative estimate of drug-likeness (QED) is 0.686. The van der Waals surface area contributed by atoms with Gasteiger partial charge in [-0.05, 0) is 61.1 Å². The predicted octanol–water partition coefficient (Wildman–Crippen LogP) is 3.88. The van der Waals surface area contributed by atoms with Crippen LogP contribution < -0.4 is 5.32 Å². The first-order valence-corrected chi connectivity index (χ1v) is 12.9. The minimum absolute atomic E-state index is 0.0620. The van der Waals surface area contributed by atoms with Gasteiger partial charge >= 0.3 is 0 Å². The summed E-state index contributed by atoms with van der Waals surface area (Å²) in [4.78, 5) is 13.6. The predicted molar refractivity (Wildman–Crippen MR) is 124 cm³/mol. The van der Waals surface area contributed by atoms with Crippen molar-refractivity contribution in [1.82, 2.24) is 9.62 Å². The van der Waals surface area contributed by atoms with E-state index in [1.54, 1.807) is 34.6 Å². The summed E-state index contributed by atoms with van der Waals surface area (Å²) in [6.07, 6.45) is 4.07. The third-order valence-electron chi connectivity index (χ3n) is 6.49. The zero-order valence-corrected chi connectivity index (χ0v) is 19.6.